The molecule has 1 aromatic carbocycles. The molecule has 0 aliphatic rings. The van der Waals surface area contributed by atoms with Crippen molar-refractivity contribution in [2.75, 3.05) is 13.1 Å². The molecule has 1 aromatic rings. The summed E-state index contributed by atoms with van der Waals surface area (Å²) in [6.07, 6.45) is 0. The van der Waals surface area contributed by atoms with Crippen LogP contribution in [-0.2, 0) is 14.8 Å². The summed E-state index contributed by atoms with van der Waals surface area (Å²) in [4.78, 5) is 11.0. The van der Waals surface area contributed by atoms with Gasteiger partial charge in [-0.25, -0.2) is 8.42 Å². The predicted molar refractivity (Wildman–Crippen MR) is 72.5 cm³/mol. The number of carbonyl (C=O) groups excluding carboxylic acids is 1. The lowest BCUT2D eigenvalue weighted by molar-refractivity contribution is -0.118. The van der Waals surface area contributed by atoms with E-state index in [1.54, 1.807) is 19.9 Å². The molecule has 0 aliphatic carbocycles. The molecule has 1 amide bonds. The monoisotopic (exact) mass is 334 g/mol. The topological polar surface area (TPSA) is 80.5 Å². The van der Waals surface area contributed by atoms with Crippen LogP contribution in [0.1, 0.15) is 12.5 Å². The Balaban J connectivity index is 3.22. The lowest BCUT2D eigenvalue weighted by Crippen LogP contribution is -2.38. The summed E-state index contributed by atoms with van der Waals surface area (Å²) in [6.45, 7) is 3.33. The average Bonchev–Trinajstić information content (AvgIpc) is 2.24. The molecule has 0 aromatic heterocycles. The van der Waals surface area contributed by atoms with Crippen molar-refractivity contribution in [2.24, 2.45) is 5.73 Å². The van der Waals surface area contributed by atoms with Gasteiger partial charge in [0.15, 0.2) is 0 Å². The lowest BCUT2D eigenvalue weighted by atomic mass is 10.2. The summed E-state index contributed by atoms with van der Waals surface area (Å²) >= 11 is 3.25. The number of rotatable bonds is 5. The smallest absolute Gasteiger partial charge is 0.243 e. The third kappa shape index (κ3) is 3.54. The van der Waals surface area contributed by atoms with E-state index in [9.17, 15) is 13.2 Å². The van der Waals surface area contributed by atoms with Gasteiger partial charge in [0, 0.05) is 11.0 Å². The van der Waals surface area contributed by atoms with Crippen molar-refractivity contribution in [3.8, 4) is 0 Å². The van der Waals surface area contributed by atoms with Gasteiger partial charge in [-0.2, -0.15) is 4.31 Å². The van der Waals surface area contributed by atoms with Crippen molar-refractivity contribution in [1.82, 2.24) is 4.31 Å². The summed E-state index contributed by atoms with van der Waals surface area (Å²) in [7, 11) is -3.69. The minimum absolute atomic E-state index is 0.150. The lowest BCUT2D eigenvalue weighted by Gasteiger charge is -2.19. The standard InChI is InChI=1S/C11H15BrN2O3S/c1-3-14(7-11(13)15)18(16,17)10-5-8(2)4-9(12)6-10/h4-6H,3,7H2,1-2H3,(H2,13,15). The summed E-state index contributed by atoms with van der Waals surface area (Å²) in [5.41, 5.74) is 5.87. The zero-order chi connectivity index (χ0) is 13.9. The van der Waals surface area contributed by atoms with Crippen LogP contribution in [0.5, 0.6) is 0 Å². The number of nitrogens with zero attached hydrogens (tertiary/aromatic N) is 1. The second kappa shape index (κ2) is 5.81. The molecular weight excluding hydrogens is 320 g/mol. The summed E-state index contributed by atoms with van der Waals surface area (Å²) in [6, 6.07) is 4.87. The largest absolute Gasteiger partial charge is 0.369 e. The summed E-state index contributed by atoms with van der Waals surface area (Å²) < 4.78 is 26.3. The van der Waals surface area contributed by atoms with Gasteiger partial charge in [-0.1, -0.05) is 22.9 Å². The second-order valence-electron chi connectivity index (χ2n) is 3.86. The number of halogens is 1. The molecule has 0 unspecified atom stereocenters. The predicted octanol–water partition coefficient (Wildman–Crippen LogP) is 1.25. The number of nitrogens with two attached hydrogens (primary N) is 1. The van der Waals surface area contributed by atoms with E-state index in [-0.39, 0.29) is 18.0 Å². The van der Waals surface area contributed by atoms with E-state index in [0.29, 0.717) is 4.47 Å². The molecule has 18 heavy (non-hydrogen) atoms. The highest BCUT2D eigenvalue weighted by molar-refractivity contribution is 9.10. The van der Waals surface area contributed by atoms with E-state index in [4.69, 9.17) is 5.73 Å². The molecule has 5 nitrogen and oxygen atoms in total. The fraction of sp³-hybridized carbons (Fsp3) is 0.364. The zero-order valence-electron chi connectivity index (χ0n) is 10.2. The van der Waals surface area contributed by atoms with Gasteiger partial charge in [-0.15, -0.1) is 0 Å². The third-order valence-electron chi connectivity index (χ3n) is 2.34. The van der Waals surface area contributed by atoms with E-state index in [1.165, 1.54) is 6.07 Å². The zero-order valence-corrected chi connectivity index (χ0v) is 12.6. The van der Waals surface area contributed by atoms with Gasteiger partial charge in [0.05, 0.1) is 11.4 Å². The Morgan fingerprint density at radius 1 is 1.39 bits per heavy atom. The highest BCUT2D eigenvalue weighted by atomic mass is 79.9. The van der Waals surface area contributed by atoms with Crippen LogP contribution in [0.3, 0.4) is 0 Å². The molecule has 0 saturated carbocycles. The number of amides is 1. The Hall–Kier alpha value is -0.920. The molecule has 100 valence electrons. The maximum Gasteiger partial charge on any atom is 0.243 e. The first-order valence-corrected chi connectivity index (χ1v) is 7.56. The van der Waals surface area contributed by atoms with E-state index in [0.717, 1.165) is 9.87 Å². The second-order valence-corrected chi connectivity index (χ2v) is 6.72. The molecule has 1 rings (SSSR count). The summed E-state index contributed by atoms with van der Waals surface area (Å²) in [5.74, 6) is -0.674. The Morgan fingerprint density at radius 2 is 2.00 bits per heavy atom. The number of likely N-dealkylation sites (N-methyl/N-ethyl adjacent to an activating group) is 1. The quantitative estimate of drug-likeness (QED) is 0.879. The summed E-state index contributed by atoms with van der Waals surface area (Å²) in [5, 5.41) is 0. The van der Waals surface area contributed by atoms with Crippen LogP contribution < -0.4 is 5.73 Å². The van der Waals surface area contributed by atoms with Gasteiger partial charge in [-0.05, 0) is 30.7 Å². The van der Waals surface area contributed by atoms with Crippen LogP contribution in [0.4, 0.5) is 0 Å². The highest BCUT2D eigenvalue weighted by Gasteiger charge is 2.24. The van der Waals surface area contributed by atoms with Crippen LogP contribution in [0.25, 0.3) is 0 Å². The molecule has 0 bridgehead atoms. The SMILES string of the molecule is CCN(CC(N)=O)S(=O)(=O)c1cc(C)cc(Br)c1. The number of hydrogen-bond acceptors (Lipinski definition) is 3. The minimum atomic E-state index is -3.69. The molecule has 0 aliphatic heterocycles. The van der Waals surface area contributed by atoms with Gasteiger partial charge >= 0.3 is 0 Å². The van der Waals surface area contributed by atoms with Crippen molar-refractivity contribution < 1.29 is 13.2 Å². The first kappa shape index (κ1) is 15.1. The molecule has 7 heteroatoms. The van der Waals surface area contributed by atoms with Crippen LogP contribution in [0.2, 0.25) is 0 Å². The molecule has 0 spiro atoms. The molecular formula is C11H15BrN2O3S. The number of aryl methyl sites for hydroxylation is 1. The Morgan fingerprint density at radius 3 is 2.44 bits per heavy atom. The van der Waals surface area contributed by atoms with Crippen molar-refractivity contribution in [3.05, 3.63) is 28.2 Å². The third-order valence-corrected chi connectivity index (χ3v) is 4.69. The van der Waals surface area contributed by atoms with Crippen LogP contribution in [-0.4, -0.2) is 31.7 Å². The minimum Gasteiger partial charge on any atom is -0.369 e. The number of sulfonamides is 1. The number of carbonyl (C=O) groups is 1. The fourth-order valence-electron chi connectivity index (χ4n) is 1.54. The van der Waals surface area contributed by atoms with Gasteiger partial charge < -0.3 is 5.73 Å². The van der Waals surface area contributed by atoms with E-state index >= 15 is 0 Å². The highest BCUT2D eigenvalue weighted by Crippen LogP contribution is 2.22. The Labute approximate surface area is 115 Å². The van der Waals surface area contributed by atoms with Gasteiger partial charge in [0.2, 0.25) is 15.9 Å². The van der Waals surface area contributed by atoms with Gasteiger partial charge in [-0.3, -0.25) is 4.79 Å². The average molecular weight is 335 g/mol. The van der Waals surface area contributed by atoms with Crippen LogP contribution >= 0.6 is 15.9 Å². The van der Waals surface area contributed by atoms with E-state index < -0.39 is 15.9 Å². The first-order valence-electron chi connectivity index (χ1n) is 5.33. The van der Waals surface area contributed by atoms with E-state index in [2.05, 4.69) is 15.9 Å². The normalized spacial score (nSPS) is 11.8. The molecule has 0 heterocycles. The number of primary amides is 1. The van der Waals surface area contributed by atoms with Gasteiger partial charge in [0.1, 0.15) is 0 Å². The van der Waals surface area contributed by atoms with Crippen molar-refractivity contribution in [1.29, 1.82) is 0 Å². The Bertz CT molecular complexity index is 537. The van der Waals surface area contributed by atoms with Crippen molar-refractivity contribution in [2.45, 2.75) is 18.7 Å². The van der Waals surface area contributed by atoms with Crippen molar-refractivity contribution >= 4 is 31.9 Å². The van der Waals surface area contributed by atoms with Crippen molar-refractivity contribution in [3.63, 3.8) is 0 Å². The first-order chi connectivity index (χ1) is 8.27. The fourth-order valence-corrected chi connectivity index (χ4v) is 3.85. The Kier molecular flexibility index (Phi) is 4.89. The maximum atomic E-state index is 12.3. The van der Waals surface area contributed by atoms with E-state index in [1.807, 2.05) is 6.07 Å². The van der Waals surface area contributed by atoms with Gasteiger partial charge in [0.25, 0.3) is 0 Å². The number of hydrogen-bond donors (Lipinski definition) is 1. The van der Waals surface area contributed by atoms with Crippen LogP contribution in [0, 0.1) is 6.92 Å². The molecule has 0 atom stereocenters. The maximum absolute atomic E-state index is 12.3. The molecule has 0 fully saturated rings. The molecule has 2 N–H and O–H groups in total. The molecule has 0 saturated heterocycles. The van der Waals surface area contributed by atoms with Crippen LogP contribution in [0.15, 0.2) is 27.6 Å². The number of benzene rings is 1. The molecule has 0 radical (unpaired) electrons.